The number of hydrogen-bond donors (Lipinski definition) is 1. The molecular formula is C21H36IN5O. The molecule has 1 aromatic rings. The predicted octanol–water partition coefficient (Wildman–Crippen LogP) is 2.50. The summed E-state index contributed by atoms with van der Waals surface area (Å²) >= 11 is 0. The maximum atomic E-state index is 5.49. The van der Waals surface area contributed by atoms with Crippen molar-refractivity contribution in [2.45, 2.75) is 25.8 Å². The molecule has 1 atom stereocenters. The first-order valence-electron chi connectivity index (χ1n) is 10.4. The minimum atomic E-state index is 0. The Morgan fingerprint density at radius 2 is 1.96 bits per heavy atom. The van der Waals surface area contributed by atoms with Gasteiger partial charge >= 0.3 is 0 Å². The third kappa shape index (κ3) is 6.77. The van der Waals surface area contributed by atoms with Gasteiger partial charge in [0, 0.05) is 64.6 Å². The second-order valence-corrected chi connectivity index (χ2v) is 7.38. The molecule has 2 saturated heterocycles. The molecule has 3 rings (SSSR count). The fraction of sp³-hybridized carbons (Fsp3) is 0.667. The normalized spacial score (nSPS) is 20.7. The van der Waals surface area contributed by atoms with Gasteiger partial charge in [0.1, 0.15) is 0 Å². The van der Waals surface area contributed by atoms with E-state index >= 15 is 0 Å². The van der Waals surface area contributed by atoms with Crippen molar-refractivity contribution in [2.24, 2.45) is 4.99 Å². The summed E-state index contributed by atoms with van der Waals surface area (Å²) in [7, 11) is 2.15. The van der Waals surface area contributed by atoms with Crippen LogP contribution in [0.1, 0.15) is 19.8 Å². The van der Waals surface area contributed by atoms with Crippen molar-refractivity contribution in [3.05, 3.63) is 30.3 Å². The highest BCUT2D eigenvalue weighted by Crippen LogP contribution is 2.17. The van der Waals surface area contributed by atoms with Gasteiger partial charge in [0.15, 0.2) is 5.96 Å². The third-order valence-electron chi connectivity index (χ3n) is 5.47. The zero-order chi connectivity index (χ0) is 18.9. The molecule has 1 N–H and O–H groups in total. The third-order valence-corrected chi connectivity index (χ3v) is 5.47. The first-order valence-corrected chi connectivity index (χ1v) is 10.4. The molecule has 158 valence electrons. The monoisotopic (exact) mass is 501 g/mol. The van der Waals surface area contributed by atoms with E-state index < -0.39 is 0 Å². The second kappa shape index (κ2) is 12.5. The van der Waals surface area contributed by atoms with Gasteiger partial charge in [-0.3, -0.25) is 9.89 Å². The van der Waals surface area contributed by atoms with Gasteiger partial charge < -0.3 is 19.9 Å². The number of nitrogens with one attached hydrogen (secondary N) is 1. The molecule has 0 radical (unpaired) electrons. The predicted molar refractivity (Wildman–Crippen MR) is 128 cm³/mol. The Labute approximate surface area is 187 Å². The van der Waals surface area contributed by atoms with Crippen molar-refractivity contribution in [1.29, 1.82) is 0 Å². The number of guanidine groups is 1. The Bertz CT molecular complexity index is 579. The van der Waals surface area contributed by atoms with Gasteiger partial charge in [0.2, 0.25) is 0 Å². The molecule has 6 nitrogen and oxygen atoms in total. The van der Waals surface area contributed by atoms with Crippen molar-refractivity contribution in [2.75, 3.05) is 71.0 Å². The highest BCUT2D eigenvalue weighted by Gasteiger charge is 2.30. The molecule has 2 fully saturated rings. The Hall–Kier alpha value is -1.06. The average molecular weight is 501 g/mol. The first-order chi connectivity index (χ1) is 13.3. The molecule has 2 aliphatic rings. The van der Waals surface area contributed by atoms with Crippen LogP contribution in [0.3, 0.4) is 0 Å². The highest BCUT2D eigenvalue weighted by molar-refractivity contribution is 14.0. The van der Waals surface area contributed by atoms with E-state index in [1.807, 2.05) is 0 Å². The number of likely N-dealkylation sites (tertiary alicyclic amines) is 1. The SMILES string of the molecule is CCNC(=NCCCN(C)c1ccccc1)N1CCC(N2CCOCC2)C1.I. The highest BCUT2D eigenvalue weighted by atomic mass is 127. The van der Waals surface area contributed by atoms with Crippen LogP contribution in [0.15, 0.2) is 35.3 Å². The van der Waals surface area contributed by atoms with E-state index in [2.05, 4.69) is 64.3 Å². The van der Waals surface area contributed by atoms with Gasteiger partial charge in [-0.2, -0.15) is 0 Å². The summed E-state index contributed by atoms with van der Waals surface area (Å²) in [6.45, 7) is 11.0. The molecule has 0 amide bonds. The van der Waals surface area contributed by atoms with E-state index in [0.29, 0.717) is 6.04 Å². The summed E-state index contributed by atoms with van der Waals surface area (Å²) in [4.78, 5) is 12.2. The lowest BCUT2D eigenvalue weighted by Crippen LogP contribution is -2.46. The van der Waals surface area contributed by atoms with Crippen LogP contribution in [0.2, 0.25) is 0 Å². The molecule has 0 saturated carbocycles. The molecule has 7 heteroatoms. The summed E-state index contributed by atoms with van der Waals surface area (Å²) in [5, 5.41) is 3.49. The number of halogens is 1. The van der Waals surface area contributed by atoms with Gasteiger partial charge in [-0.1, -0.05) is 18.2 Å². The van der Waals surface area contributed by atoms with Gasteiger partial charge in [-0.25, -0.2) is 0 Å². The van der Waals surface area contributed by atoms with Crippen molar-refractivity contribution in [3.63, 3.8) is 0 Å². The summed E-state index contributed by atoms with van der Waals surface area (Å²) in [5.41, 5.74) is 1.27. The fourth-order valence-electron chi connectivity index (χ4n) is 3.91. The Balaban J connectivity index is 0.00000280. The molecule has 0 spiro atoms. The maximum absolute atomic E-state index is 5.49. The largest absolute Gasteiger partial charge is 0.379 e. The quantitative estimate of drug-likeness (QED) is 0.269. The number of hydrogen-bond acceptors (Lipinski definition) is 4. The molecule has 1 unspecified atom stereocenters. The Morgan fingerprint density at radius 1 is 1.21 bits per heavy atom. The minimum absolute atomic E-state index is 0. The number of nitrogens with zero attached hydrogens (tertiary/aromatic N) is 4. The van der Waals surface area contributed by atoms with E-state index in [9.17, 15) is 0 Å². The van der Waals surface area contributed by atoms with Crippen molar-refractivity contribution < 1.29 is 4.74 Å². The van der Waals surface area contributed by atoms with E-state index in [-0.39, 0.29) is 24.0 Å². The lowest BCUT2D eigenvalue weighted by Gasteiger charge is -2.32. The molecule has 2 heterocycles. The second-order valence-electron chi connectivity index (χ2n) is 7.38. The van der Waals surface area contributed by atoms with Gasteiger partial charge in [0.05, 0.1) is 13.2 Å². The van der Waals surface area contributed by atoms with E-state index in [1.54, 1.807) is 0 Å². The molecule has 0 aromatic heterocycles. The van der Waals surface area contributed by atoms with Crippen LogP contribution in [0.25, 0.3) is 0 Å². The van der Waals surface area contributed by atoms with E-state index in [4.69, 9.17) is 9.73 Å². The molecule has 2 aliphatic heterocycles. The standard InChI is InChI=1S/C21H35N5O.HI/c1-3-22-21(23-11-7-12-24(2)19-8-5-4-6-9-19)26-13-10-20(18-26)25-14-16-27-17-15-25;/h4-6,8-9,20H,3,7,10-18H2,1-2H3,(H,22,23);1H. The zero-order valence-electron chi connectivity index (χ0n) is 17.3. The van der Waals surface area contributed by atoms with Crippen LogP contribution in [0.4, 0.5) is 5.69 Å². The van der Waals surface area contributed by atoms with Crippen molar-refractivity contribution in [3.8, 4) is 0 Å². The Morgan fingerprint density at radius 3 is 2.68 bits per heavy atom. The molecule has 1 aromatic carbocycles. The molecule has 0 bridgehead atoms. The van der Waals surface area contributed by atoms with Crippen LogP contribution in [-0.2, 0) is 4.74 Å². The van der Waals surface area contributed by atoms with Crippen LogP contribution in [-0.4, -0.2) is 87.9 Å². The Kier molecular flexibility index (Phi) is 10.4. The number of morpholine rings is 1. The fourth-order valence-corrected chi connectivity index (χ4v) is 3.91. The maximum Gasteiger partial charge on any atom is 0.193 e. The number of ether oxygens (including phenoxy) is 1. The summed E-state index contributed by atoms with van der Waals surface area (Å²) in [5.74, 6) is 1.08. The van der Waals surface area contributed by atoms with Gasteiger partial charge in [-0.05, 0) is 31.9 Å². The molecule has 28 heavy (non-hydrogen) atoms. The lowest BCUT2D eigenvalue weighted by molar-refractivity contribution is 0.0195. The minimum Gasteiger partial charge on any atom is -0.379 e. The lowest BCUT2D eigenvalue weighted by atomic mass is 10.2. The summed E-state index contributed by atoms with van der Waals surface area (Å²) in [6, 6.07) is 11.2. The summed E-state index contributed by atoms with van der Waals surface area (Å²) < 4.78 is 5.49. The van der Waals surface area contributed by atoms with Gasteiger partial charge in [0.25, 0.3) is 0 Å². The zero-order valence-corrected chi connectivity index (χ0v) is 19.7. The van der Waals surface area contributed by atoms with Crippen LogP contribution in [0.5, 0.6) is 0 Å². The van der Waals surface area contributed by atoms with Gasteiger partial charge in [-0.15, -0.1) is 24.0 Å². The number of anilines is 1. The topological polar surface area (TPSA) is 43.3 Å². The average Bonchev–Trinajstić information content (AvgIpc) is 3.21. The number of aliphatic imine (C=N–C) groups is 1. The smallest absolute Gasteiger partial charge is 0.193 e. The van der Waals surface area contributed by atoms with E-state index in [1.165, 1.54) is 12.1 Å². The van der Waals surface area contributed by atoms with Crippen LogP contribution >= 0.6 is 24.0 Å². The van der Waals surface area contributed by atoms with Crippen molar-refractivity contribution in [1.82, 2.24) is 15.1 Å². The van der Waals surface area contributed by atoms with Crippen LogP contribution in [0, 0.1) is 0 Å². The number of benzene rings is 1. The number of para-hydroxylation sites is 1. The van der Waals surface area contributed by atoms with Crippen LogP contribution < -0.4 is 10.2 Å². The first kappa shape index (κ1) is 23.2. The van der Waals surface area contributed by atoms with Crippen molar-refractivity contribution >= 4 is 35.6 Å². The molecule has 0 aliphatic carbocycles. The summed E-state index contributed by atoms with van der Waals surface area (Å²) in [6.07, 6.45) is 2.28. The number of rotatable bonds is 7. The molecular weight excluding hydrogens is 465 g/mol. The van der Waals surface area contributed by atoms with E-state index in [0.717, 1.165) is 71.4 Å².